The Kier molecular flexibility index (Phi) is 7.28. The lowest BCUT2D eigenvalue weighted by atomic mass is 9.99. The highest BCUT2D eigenvalue weighted by atomic mass is 32.2. The van der Waals surface area contributed by atoms with E-state index in [0.29, 0.717) is 37.4 Å². The molecule has 0 spiro atoms. The topological polar surface area (TPSA) is 75.7 Å². The van der Waals surface area contributed by atoms with Crippen molar-refractivity contribution in [1.29, 1.82) is 0 Å². The molecule has 0 saturated carbocycles. The van der Waals surface area contributed by atoms with Crippen LogP contribution in [-0.2, 0) is 20.5 Å². The summed E-state index contributed by atoms with van der Waals surface area (Å²) in [5.74, 6) is -0.238. The smallest absolute Gasteiger partial charge is 0.251 e. The molecule has 1 amide bonds. The number of amides is 1. The fraction of sp³-hybridized carbons (Fsp3) is 0.435. The van der Waals surface area contributed by atoms with E-state index in [1.165, 1.54) is 15.4 Å². The summed E-state index contributed by atoms with van der Waals surface area (Å²) in [6.07, 6.45) is 0.782. The maximum absolute atomic E-state index is 12.7. The van der Waals surface area contributed by atoms with Crippen LogP contribution in [0.3, 0.4) is 0 Å². The Labute approximate surface area is 179 Å². The summed E-state index contributed by atoms with van der Waals surface area (Å²) in [6.45, 7) is 7.81. The Balaban J connectivity index is 1.66. The summed E-state index contributed by atoms with van der Waals surface area (Å²) in [4.78, 5) is 12.7. The average molecular weight is 431 g/mol. The van der Waals surface area contributed by atoms with Crippen molar-refractivity contribution in [3.8, 4) is 0 Å². The Morgan fingerprint density at radius 1 is 1.07 bits per heavy atom. The van der Waals surface area contributed by atoms with Gasteiger partial charge in [0.25, 0.3) is 5.91 Å². The summed E-state index contributed by atoms with van der Waals surface area (Å²) < 4.78 is 31.8. The zero-order valence-electron chi connectivity index (χ0n) is 17.8. The van der Waals surface area contributed by atoms with E-state index in [9.17, 15) is 13.2 Å². The SMILES string of the molecule is CC[C@H](NC(=O)c1ccc(CS(=O)(=O)N2CCOCC2)cc1)c1ccc(C)c(C)c1. The number of benzene rings is 2. The first kappa shape index (κ1) is 22.5. The van der Waals surface area contributed by atoms with Crippen LogP contribution in [0.2, 0.25) is 0 Å². The summed E-state index contributed by atoms with van der Waals surface area (Å²) >= 11 is 0. The number of nitrogens with zero attached hydrogens (tertiary/aromatic N) is 1. The third-order valence-electron chi connectivity index (χ3n) is 5.58. The lowest BCUT2D eigenvalue weighted by Crippen LogP contribution is -2.41. The molecule has 1 heterocycles. The Morgan fingerprint density at radius 3 is 2.33 bits per heavy atom. The van der Waals surface area contributed by atoms with E-state index in [2.05, 4.69) is 37.4 Å². The summed E-state index contributed by atoms with van der Waals surface area (Å²) in [5, 5.41) is 3.09. The normalized spacial score (nSPS) is 16.2. The molecule has 1 fully saturated rings. The number of hydrogen-bond donors (Lipinski definition) is 1. The van der Waals surface area contributed by atoms with E-state index in [4.69, 9.17) is 4.74 Å². The zero-order valence-corrected chi connectivity index (χ0v) is 18.7. The fourth-order valence-electron chi connectivity index (χ4n) is 3.52. The molecule has 162 valence electrons. The van der Waals surface area contributed by atoms with Gasteiger partial charge in [-0.25, -0.2) is 8.42 Å². The van der Waals surface area contributed by atoms with Gasteiger partial charge in [0.15, 0.2) is 0 Å². The van der Waals surface area contributed by atoms with Gasteiger partial charge in [0, 0.05) is 18.7 Å². The molecule has 6 nitrogen and oxygen atoms in total. The number of carbonyl (C=O) groups is 1. The number of ether oxygens (including phenoxy) is 1. The molecule has 0 aromatic heterocycles. The first-order valence-corrected chi connectivity index (χ1v) is 11.9. The van der Waals surface area contributed by atoms with Crippen molar-refractivity contribution in [3.63, 3.8) is 0 Å². The van der Waals surface area contributed by atoms with Crippen molar-refractivity contribution in [3.05, 3.63) is 70.3 Å². The molecule has 0 unspecified atom stereocenters. The molecule has 30 heavy (non-hydrogen) atoms. The van der Waals surface area contributed by atoms with Crippen molar-refractivity contribution in [2.75, 3.05) is 26.3 Å². The van der Waals surface area contributed by atoms with Gasteiger partial charge >= 0.3 is 0 Å². The van der Waals surface area contributed by atoms with E-state index >= 15 is 0 Å². The molecule has 0 radical (unpaired) electrons. The van der Waals surface area contributed by atoms with Gasteiger partial charge in [-0.1, -0.05) is 37.3 Å². The van der Waals surface area contributed by atoms with Gasteiger partial charge in [0.05, 0.1) is 25.0 Å². The Hall–Kier alpha value is -2.22. The predicted molar refractivity (Wildman–Crippen MR) is 118 cm³/mol. The van der Waals surface area contributed by atoms with Crippen LogP contribution in [0.5, 0.6) is 0 Å². The molecular weight excluding hydrogens is 400 g/mol. The quantitative estimate of drug-likeness (QED) is 0.731. The highest BCUT2D eigenvalue weighted by Crippen LogP contribution is 2.21. The van der Waals surface area contributed by atoms with Crippen molar-refractivity contribution < 1.29 is 17.9 Å². The van der Waals surface area contributed by atoms with Crippen molar-refractivity contribution in [2.24, 2.45) is 0 Å². The lowest BCUT2D eigenvalue weighted by molar-refractivity contribution is 0.0729. The molecule has 1 saturated heterocycles. The molecule has 1 atom stereocenters. The average Bonchev–Trinajstić information content (AvgIpc) is 2.75. The van der Waals surface area contributed by atoms with Gasteiger partial charge in [-0.05, 0) is 54.7 Å². The summed E-state index contributed by atoms with van der Waals surface area (Å²) in [7, 11) is -3.38. The molecule has 7 heteroatoms. The third kappa shape index (κ3) is 5.47. The number of rotatable bonds is 7. The molecule has 0 bridgehead atoms. The van der Waals surface area contributed by atoms with Gasteiger partial charge in [0.2, 0.25) is 10.0 Å². The molecule has 1 aliphatic heterocycles. The second-order valence-corrected chi connectivity index (χ2v) is 9.71. The molecule has 3 rings (SSSR count). The molecular formula is C23H30N2O4S. The maximum atomic E-state index is 12.7. The first-order chi connectivity index (χ1) is 14.3. The Morgan fingerprint density at radius 2 is 1.73 bits per heavy atom. The second kappa shape index (κ2) is 9.73. The number of nitrogens with one attached hydrogen (secondary N) is 1. The molecule has 1 aliphatic rings. The van der Waals surface area contributed by atoms with Crippen LogP contribution in [0.4, 0.5) is 0 Å². The first-order valence-electron chi connectivity index (χ1n) is 10.3. The third-order valence-corrected chi connectivity index (χ3v) is 7.43. The highest BCUT2D eigenvalue weighted by Gasteiger charge is 2.24. The van der Waals surface area contributed by atoms with E-state index < -0.39 is 10.0 Å². The van der Waals surface area contributed by atoms with Crippen LogP contribution < -0.4 is 5.32 Å². The summed E-state index contributed by atoms with van der Waals surface area (Å²) in [6, 6.07) is 13.0. The predicted octanol–water partition coefficient (Wildman–Crippen LogP) is 3.35. The minimum Gasteiger partial charge on any atom is -0.379 e. The monoisotopic (exact) mass is 430 g/mol. The van der Waals surface area contributed by atoms with Crippen molar-refractivity contribution >= 4 is 15.9 Å². The second-order valence-electron chi connectivity index (χ2n) is 7.74. The minimum atomic E-state index is -3.38. The molecule has 0 aliphatic carbocycles. The van der Waals surface area contributed by atoms with E-state index in [1.54, 1.807) is 24.3 Å². The van der Waals surface area contributed by atoms with Gasteiger partial charge in [0.1, 0.15) is 0 Å². The molecule has 2 aromatic carbocycles. The number of morpholine rings is 1. The van der Waals surface area contributed by atoms with Crippen LogP contribution in [-0.4, -0.2) is 44.9 Å². The van der Waals surface area contributed by atoms with Crippen molar-refractivity contribution in [2.45, 2.75) is 39.0 Å². The lowest BCUT2D eigenvalue weighted by Gasteiger charge is -2.26. The van der Waals surface area contributed by atoms with Crippen LogP contribution in [0.25, 0.3) is 0 Å². The standard InChI is InChI=1S/C23H30N2O4S/c1-4-22(21-8-5-17(2)18(3)15-21)24-23(26)20-9-6-19(7-10-20)16-30(27,28)25-11-13-29-14-12-25/h5-10,15,22H,4,11-14,16H2,1-3H3,(H,24,26)/t22-/m0/s1. The van der Waals surface area contributed by atoms with Gasteiger partial charge in [-0.3, -0.25) is 4.79 Å². The summed E-state index contributed by atoms with van der Waals surface area (Å²) in [5.41, 5.74) is 4.69. The fourth-order valence-corrected chi connectivity index (χ4v) is 5.02. The molecule has 1 N–H and O–H groups in total. The van der Waals surface area contributed by atoms with E-state index in [0.717, 1.165) is 12.0 Å². The van der Waals surface area contributed by atoms with Crippen LogP contribution in [0.15, 0.2) is 42.5 Å². The largest absolute Gasteiger partial charge is 0.379 e. The van der Waals surface area contributed by atoms with Crippen LogP contribution in [0, 0.1) is 13.8 Å². The van der Waals surface area contributed by atoms with Gasteiger partial charge in [-0.2, -0.15) is 4.31 Å². The molecule has 2 aromatic rings. The van der Waals surface area contributed by atoms with E-state index in [-0.39, 0.29) is 17.7 Å². The Bertz CT molecular complexity index is 981. The van der Waals surface area contributed by atoms with Crippen LogP contribution in [0.1, 0.15) is 52.0 Å². The van der Waals surface area contributed by atoms with E-state index in [1.807, 2.05) is 6.92 Å². The number of aryl methyl sites for hydroxylation is 2. The van der Waals surface area contributed by atoms with Gasteiger partial charge < -0.3 is 10.1 Å². The zero-order chi connectivity index (χ0) is 21.7. The van der Waals surface area contributed by atoms with Crippen LogP contribution >= 0.6 is 0 Å². The number of sulfonamides is 1. The highest BCUT2D eigenvalue weighted by molar-refractivity contribution is 7.88. The minimum absolute atomic E-state index is 0.0711. The number of hydrogen-bond acceptors (Lipinski definition) is 4. The number of carbonyl (C=O) groups excluding carboxylic acids is 1. The maximum Gasteiger partial charge on any atom is 0.251 e. The van der Waals surface area contributed by atoms with Crippen molar-refractivity contribution in [1.82, 2.24) is 9.62 Å². The van der Waals surface area contributed by atoms with Gasteiger partial charge in [-0.15, -0.1) is 0 Å².